The standard InChI is InChI=1S/C26H20ClF3N2O2/c1-33-17-7-9-19-21(13-31-23(19)11-17)25(27,15-3-5-16(6-4-15)26(28,29)30)22-14-32-24-12-18(34-2)8-10-20(22)24/h3-14,31-32H,1-2H3. The van der Waals surface area contributed by atoms with Crippen LogP contribution in [0.4, 0.5) is 13.2 Å². The Kier molecular flexibility index (Phi) is 5.24. The third kappa shape index (κ3) is 3.47. The highest BCUT2D eigenvalue weighted by atomic mass is 35.5. The molecule has 2 N–H and O–H groups in total. The van der Waals surface area contributed by atoms with Crippen LogP contribution in [-0.2, 0) is 11.1 Å². The summed E-state index contributed by atoms with van der Waals surface area (Å²) < 4.78 is 50.4. The van der Waals surface area contributed by atoms with E-state index in [0.717, 1.165) is 33.9 Å². The van der Waals surface area contributed by atoms with Gasteiger partial charge < -0.3 is 19.4 Å². The van der Waals surface area contributed by atoms with Crippen LogP contribution in [0.5, 0.6) is 11.5 Å². The van der Waals surface area contributed by atoms with Gasteiger partial charge in [-0.1, -0.05) is 12.1 Å². The summed E-state index contributed by atoms with van der Waals surface area (Å²) in [6.07, 6.45) is -0.865. The second-order valence-electron chi connectivity index (χ2n) is 7.96. The normalized spacial score (nSPS) is 12.4. The van der Waals surface area contributed by atoms with Crippen LogP contribution in [-0.4, -0.2) is 24.2 Å². The zero-order valence-corrected chi connectivity index (χ0v) is 19.0. The van der Waals surface area contributed by atoms with Crippen LogP contribution in [0.1, 0.15) is 22.3 Å². The van der Waals surface area contributed by atoms with E-state index in [1.807, 2.05) is 36.4 Å². The summed E-state index contributed by atoms with van der Waals surface area (Å²) in [5, 5.41) is 1.66. The first kappa shape index (κ1) is 22.2. The zero-order valence-electron chi connectivity index (χ0n) is 18.3. The van der Waals surface area contributed by atoms with Crippen LogP contribution >= 0.6 is 11.6 Å². The highest BCUT2D eigenvalue weighted by molar-refractivity contribution is 6.30. The average molecular weight is 485 g/mol. The smallest absolute Gasteiger partial charge is 0.416 e. The predicted octanol–water partition coefficient (Wildman–Crippen LogP) is 7.22. The highest BCUT2D eigenvalue weighted by Crippen LogP contribution is 2.49. The third-order valence-electron chi connectivity index (χ3n) is 6.13. The first-order chi connectivity index (χ1) is 16.3. The minimum atomic E-state index is -4.44. The molecule has 4 nitrogen and oxygen atoms in total. The number of ether oxygens (including phenoxy) is 2. The van der Waals surface area contributed by atoms with Crippen molar-refractivity contribution in [1.82, 2.24) is 9.97 Å². The van der Waals surface area contributed by atoms with E-state index >= 15 is 0 Å². The predicted molar refractivity (Wildman–Crippen MR) is 127 cm³/mol. The molecule has 0 unspecified atom stereocenters. The van der Waals surface area contributed by atoms with Gasteiger partial charge in [-0.2, -0.15) is 13.2 Å². The minimum absolute atomic E-state index is 0.510. The lowest BCUT2D eigenvalue weighted by molar-refractivity contribution is -0.137. The first-order valence-corrected chi connectivity index (χ1v) is 10.8. The summed E-state index contributed by atoms with van der Waals surface area (Å²) in [4.78, 5) is 5.17. The molecule has 34 heavy (non-hydrogen) atoms. The fourth-order valence-corrected chi connectivity index (χ4v) is 4.82. The maximum atomic E-state index is 13.3. The summed E-state index contributed by atoms with van der Waals surface area (Å²) in [7, 11) is 3.17. The molecule has 2 aromatic heterocycles. The number of nitrogens with one attached hydrogen (secondary N) is 2. The van der Waals surface area contributed by atoms with Crippen LogP contribution < -0.4 is 9.47 Å². The number of fused-ring (bicyclic) bond motifs is 2. The fourth-order valence-electron chi connectivity index (χ4n) is 4.38. The first-order valence-electron chi connectivity index (χ1n) is 10.4. The van der Waals surface area contributed by atoms with Gasteiger partial charge in [0.15, 0.2) is 0 Å². The van der Waals surface area contributed by atoms with Crippen molar-refractivity contribution >= 4 is 33.4 Å². The van der Waals surface area contributed by atoms with Gasteiger partial charge in [-0.05, 0) is 42.0 Å². The SMILES string of the molecule is COc1ccc2c(C(Cl)(c3ccc(C(F)(F)F)cc3)c3c[nH]c4cc(OC)ccc34)c[nH]c2c1. The molecule has 0 aliphatic heterocycles. The fraction of sp³-hybridized carbons (Fsp3) is 0.154. The molecule has 0 atom stereocenters. The maximum Gasteiger partial charge on any atom is 0.416 e. The topological polar surface area (TPSA) is 50.0 Å². The van der Waals surface area contributed by atoms with Crippen molar-refractivity contribution in [2.45, 2.75) is 11.1 Å². The average Bonchev–Trinajstić information content (AvgIpc) is 3.47. The Morgan fingerprint density at radius 1 is 0.676 bits per heavy atom. The van der Waals surface area contributed by atoms with Gasteiger partial charge in [-0.25, -0.2) is 0 Å². The molecular formula is C26H20ClF3N2O2. The van der Waals surface area contributed by atoms with Crippen molar-refractivity contribution in [2.75, 3.05) is 14.2 Å². The number of H-pyrrole nitrogens is 2. The second-order valence-corrected chi connectivity index (χ2v) is 8.53. The van der Waals surface area contributed by atoms with Crippen LogP contribution in [0.3, 0.4) is 0 Å². The van der Waals surface area contributed by atoms with E-state index < -0.39 is 16.6 Å². The molecule has 0 saturated carbocycles. The van der Waals surface area contributed by atoms with Crippen LogP contribution in [0.15, 0.2) is 73.1 Å². The molecule has 0 spiro atoms. The minimum Gasteiger partial charge on any atom is -0.497 e. The van der Waals surface area contributed by atoms with Crippen LogP contribution in [0.2, 0.25) is 0 Å². The van der Waals surface area contributed by atoms with Gasteiger partial charge in [-0.3, -0.25) is 0 Å². The molecule has 0 saturated heterocycles. The molecule has 3 aromatic carbocycles. The number of methoxy groups -OCH3 is 2. The molecule has 0 aliphatic rings. The molecule has 8 heteroatoms. The van der Waals surface area contributed by atoms with E-state index in [-0.39, 0.29) is 0 Å². The lowest BCUT2D eigenvalue weighted by atomic mass is 9.83. The van der Waals surface area contributed by atoms with Crippen molar-refractivity contribution in [3.05, 3.63) is 95.3 Å². The van der Waals surface area contributed by atoms with E-state index in [1.54, 1.807) is 26.6 Å². The molecule has 0 radical (unpaired) electrons. The molecule has 0 fully saturated rings. The number of rotatable bonds is 5. The number of halogens is 4. The Morgan fingerprint density at radius 2 is 1.12 bits per heavy atom. The Balaban J connectivity index is 1.77. The summed E-state index contributed by atoms with van der Waals surface area (Å²) in [5.74, 6) is 1.35. The third-order valence-corrected chi connectivity index (χ3v) is 6.76. The maximum absolute atomic E-state index is 13.3. The van der Waals surface area contributed by atoms with Crippen molar-refractivity contribution in [1.29, 1.82) is 0 Å². The van der Waals surface area contributed by atoms with Crippen molar-refractivity contribution < 1.29 is 22.6 Å². The number of aromatic nitrogens is 2. The molecule has 5 aromatic rings. The highest BCUT2D eigenvalue weighted by Gasteiger charge is 2.39. The second kappa shape index (κ2) is 8.02. The van der Waals surface area contributed by atoms with Gasteiger partial charge in [0.2, 0.25) is 0 Å². The van der Waals surface area contributed by atoms with E-state index in [9.17, 15) is 13.2 Å². The van der Waals surface area contributed by atoms with Crippen molar-refractivity contribution in [3.63, 3.8) is 0 Å². The number of aromatic amines is 2. The van der Waals surface area contributed by atoms with Gasteiger partial charge in [0.25, 0.3) is 0 Å². The van der Waals surface area contributed by atoms with Gasteiger partial charge in [0.05, 0.1) is 19.8 Å². The van der Waals surface area contributed by atoms with Gasteiger partial charge in [0.1, 0.15) is 16.4 Å². The molecule has 0 aliphatic carbocycles. The summed E-state index contributed by atoms with van der Waals surface area (Å²) >= 11 is 7.49. The molecule has 174 valence electrons. The number of hydrogen-bond acceptors (Lipinski definition) is 2. The number of hydrogen-bond donors (Lipinski definition) is 2. The summed E-state index contributed by atoms with van der Waals surface area (Å²) in [5.41, 5.74) is 2.80. The van der Waals surface area contributed by atoms with Crippen molar-refractivity contribution in [3.8, 4) is 11.5 Å². The monoisotopic (exact) mass is 484 g/mol. The van der Waals surface area contributed by atoms with Gasteiger partial charge in [-0.15, -0.1) is 11.6 Å². The lowest BCUT2D eigenvalue weighted by Gasteiger charge is -2.28. The van der Waals surface area contributed by atoms with Crippen LogP contribution in [0.25, 0.3) is 21.8 Å². The Morgan fingerprint density at radius 3 is 1.53 bits per heavy atom. The Hall–Kier alpha value is -3.58. The number of alkyl halides is 4. The van der Waals surface area contributed by atoms with Gasteiger partial charge >= 0.3 is 6.18 Å². The molecule has 5 rings (SSSR count). The van der Waals surface area contributed by atoms with E-state index in [4.69, 9.17) is 21.1 Å². The largest absolute Gasteiger partial charge is 0.497 e. The van der Waals surface area contributed by atoms with Gasteiger partial charge in [0, 0.05) is 57.5 Å². The van der Waals surface area contributed by atoms with Crippen molar-refractivity contribution in [2.24, 2.45) is 0 Å². The zero-order chi connectivity index (χ0) is 24.1. The molecule has 2 heterocycles. The van der Waals surface area contributed by atoms with E-state index in [2.05, 4.69) is 9.97 Å². The summed E-state index contributed by atoms with van der Waals surface area (Å²) in [6.45, 7) is 0. The quantitative estimate of drug-likeness (QED) is 0.259. The lowest BCUT2D eigenvalue weighted by Crippen LogP contribution is -2.22. The number of benzene rings is 3. The summed E-state index contributed by atoms with van der Waals surface area (Å²) in [6, 6.07) is 16.1. The molecule has 0 amide bonds. The molecule has 0 bridgehead atoms. The Labute approximate surface area is 198 Å². The van der Waals surface area contributed by atoms with E-state index in [1.165, 1.54) is 12.1 Å². The molecular weight excluding hydrogens is 465 g/mol. The van der Waals surface area contributed by atoms with E-state index in [0.29, 0.717) is 28.2 Å². The Bertz CT molecular complexity index is 1400. The van der Waals surface area contributed by atoms with Crippen LogP contribution in [0, 0.1) is 0 Å².